The number of nitrogens with zero attached hydrogens (tertiary/aromatic N) is 3. The predicted octanol–water partition coefficient (Wildman–Crippen LogP) is 3.28. The third-order valence-electron chi connectivity index (χ3n) is 5.02. The van der Waals surface area contributed by atoms with Crippen LogP contribution in [-0.4, -0.2) is 39.4 Å². The molecule has 0 N–H and O–H groups in total. The van der Waals surface area contributed by atoms with Crippen molar-refractivity contribution in [3.05, 3.63) is 21.7 Å². The smallest absolute Gasteiger partial charge is 0.237 e. The normalized spacial score (nSPS) is 30.4. The van der Waals surface area contributed by atoms with Crippen molar-refractivity contribution in [3.8, 4) is 5.88 Å². The molecule has 1 atom stereocenters. The Labute approximate surface area is 147 Å². The van der Waals surface area contributed by atoms with E-state index in [1.165, 1.54) is 0 Å². The first-order valence-corrected chi connectivity index (χ1v) is 8.99. The number of ether oxygens (including phenoxy) is 2. The maximum atomic E-state index is 13.1. The topological polar surface area (TPSA) is 48.7 Å². The van der Waals surface area contributed by atoms with Crippen LogP contribution in [0, 0.1) is 3.57 Å². The van der Waals surface area contributed by atoms with Crippen molar-refractivity contribution in [3.63, 3.8) is 0 Å². The molecule has 0 spiro atoms. The van der Waals surface area contributed by atoms with Gasteiger partial charge in [0, 0.05) is 17.8 Å². The molecule has 1 saturated carbocycles. The van der Waals surface area contributed by atoms with Gasteiger partial charge < -0.3 is 9.47 Å². The van der Waals surface area contributed by atoms with Gasteiger partial charge in [0.2, 0.25) is 11.7 Å². The van der Waals surface area contributed by atoms with Crippen molar-refractivity contribution < 1.29 is 13.9 Å². The Kier molecular flexibility index (Phi) is 3.57. The fraction of sp³-hybridized carbons (Fsp3) is 0.625. The molecule has 2 aromatic heterocycles. The van der Waals surface area contributed by atoms with E-state index in [0.717, 1.165) is 15.7 Å². The quantitative estimate of drug-likeness (QED) is 0.682. The van der Waals surface area contributed by atoms with Crippen LogP contribution in [0.15, 0.2) is 12.4 Å². The molecule has 0 aromatic carbocycles. The van der Waals surface area contributed by atoms with Gasteiger partial charge in [0.25, 0.3) is 0 Å². The lowest BCUT2D eigenvalue weighted by molar-refractivity contribution is -0.0235. The number of imidazole rings is 1. The number of hydrogen-bond donors (Lipinski definition) is 0. The number of fused-ring (bicyclic) bond motifs is 2. The largest absolute Gasteiger partial charge is 0.474 e. The summed E-state index contributed by atoms with van der Waals surface area (Å²) in [6.45, 7) is 4.24. The Morgan fingerprint density at radius 2 is 2.22 bits per heavy atom. The first-order chi connectivity index (χ1) is 11.0. The summed E-state index contributed by atoms with van der Waals surface area (Å²) in [5.74, 6) is 1.24. The summed E-state index contributed by atoms with van der Waals surface area (Å²) >= 11 is 2.23. The van der Waals surface area contributed by atoms with Gasteiger partial charge in [0.05, 0.1) is 27.6 Å². The molecule has 2 aliphatic heterocycles. The predicted molar refractivity (Wildman–Crippen MR) is 91.7 cm³/mol. The fourth-order valence-corrected chi connectivity index (χ4v) is 4.11. The molecule has 7 heteroatoms. The molecule has 2 bridgehead atoms. The van der Waals surface area contributed by atoms with Crippen LogP contribution < -0.4 is 4.74 Å². The molecule has 0 radical (unpaired) electrons. The van der Waals surface area contributed by atoms with Crippen molar-refractivity contribution in [2.45, 2.75) is 50.2 Å². The number of aromatic nitrogens is 3. The van der Waals surface area contributed by atoms with Gasteiger partial charge in [-0.15, -0.1) is 0 Å². The van der Waals surface area contributed by atoms with E-state index in [4.69, 9.17) is 9.47 Å². The molecule has 0 amide bonds. The van der Waals surface area contributed by atoms with Crippen LogP contribution in [0.5, 0.6) is 5.88 Å². The standard InChI is InChI=1S/C16H19FIN3O2/c1-3-10(2)23-13-11(18)4-21-5-12(19-14(21)20-13)15-6-16(7-15,8-17)22-9-15/h4-5,10H,3,6-9H2,1-2H3. The first kappa shape index (κ1) is 15.6. The fourth-order valence-electron chi connectivity index (χ4n) is 3.56. The van der Waals surface area contributed by atoms with Gasteiger partial charge in [-0.25, -0.2) is 9.37 Å². The van der Waals surface area contributed by atoms with E-state index in [0.29, 0.717) is 31.1 Å². The second kappa shape index (κ2) is 5.27. The summed E-state index contributed by atoms with van der Waals surface area (Å²) in [7, 11) is 0. The van der Waals surface area contributed by atoms with E-state index in [1.54, 1.807) is 0 Å². The molecule has 1 aliphatic carbocycles. The van der Waals surface area contributed by atoms with E-state index in [2.05, 4.69) is 39.5 Å². The van der Waals surface area contributed by atoms with Crippen LogP contribution in [0.1, 0.15) is 38.8 Å². The Morgan fingerprint density at radius 1 is 1.43 bits per heavy atom. The summed E-state index contributed by atoms with van der Waals surface area (Å²) in [6.07, 6.45) is 6.45. The van der Waals surface area contributed by atoms with Crippen molar-refractivity contribution in [1.82, 2.24) is 14.4 Å². The lowest BCUT2D eigenvalue weighted by Crippen LogP contribution is -2.48. The molecule has 5 rings (SSSR count). The SMILES string of the molecule is CCC(C)Oc1nc2nc(C34COC(CF)(C3)C4)cn2cc1I. The van der Waals surface area contributed by atoms with Crippen LogP contribution in [0.3, 0.4) is 0 Å². The Hall–Kier alpha value is -0.960. The lowest BCUT2D eigenvalue weighted by Gasteiger charge is -2.41. The summed E-state index contributed by atoms with van der Waals surface area (Å²) < 4.78 is 27.5. The molecule has 1 unspecified atom stereocenters. The minimum absolute atomic E-state index is 0.117. The van der Waals surface area contributed by atoms with Gasteiger partial charge in [-0.05, 0) is 48.8 Å². The Morgan fingerprint density at radius 3 is 2.87 bits per heavy atom. The number of alkyl halides is 1. The highest BCUT2D eigenvalue weighted by molar-refractivity contribution is 14.1. The lowest BCUT2D eigenvalue weighted by atomic mass is 9.61. The van der Waals surface area contributed by atoms with Gasteiger partial charge >= 0.3 is 0 Å². The minimum atomic E-state index is -0.553. The van der Waals surface area contributed by atoms with Crippen LogP contribution in [0.4, 0.5) is 4.39 Å². The molecule has 3 aliphatic rings. The van der Waals surface area contributed by atoms with Crippen LogP contribution in [0.25, 0.3) is 5.78 Å². The number of hydrogen-bond acceptors (Lipinski definition) is 4. The molecule has 23 heavy (non-hydrogen) atoms. The van der Waals surface area contributed by atoms with E-state index in [1.807, 2.05) is 23.7 Å². The van der Waals surface area contributed by atoms with E-state index >= 15 is 0 Å². The van der Waals surface area contributed by atoms with Crippen molar-refractivity contribution in [1.29, 1.82) is 0 Å². The summed E-state index contributed by atoms with van der Waals surface area (Å²) in [5, 5.41) is 0. The average Bonchev–Trinajstić information content (AvgIpc) is 3.17. The third-order valence-corrected chi connectivity index (χ3v) is 5.76. The molecule has 3 fully saturated rings. The van der Waals surface area contributed by atoms with Gasteiger partial charge in [0.15, 0.2) is 0 Å². The highest BCUT2D eigenvalue weighted by Crippen LogP contribution is 2.58. The van der Waals surface area contributed by atoms with E-state index in [-0.39, 0.29) is 11.5 Å². The molecule has 2 aromatic rings. The highest BCUT2D eigenvalue weighted by Gasteiger charge is 2.64. The van der Waals surface area contributed by atoms with Crippen molar-refractivity contribution in [2.24, 2.45) is 0 Å². The maximum absolute atomic E-state index is 13.1. The summed E-state index contributed by atoms with van der Waals surface area (Å²) in [5.41, 5.74) is 0.258. The Balaban J connectivity index is 1.67. The van der Waals surface area contributed by atoms with E-state index in [9.17, 15) is 4.39 Å². The molecule has 2 saturated heterocycles. The maximum Gasteiger partial charge on any atom is 0.237 e. The number of halogens is 2. The van der Waals surface area contributed by atoms with Gasteiger partial charge in [-0.1, -0.05) is 6.92 Å². The number of rotatable bonds is 5. The van der Waals surface area contributed by atoms with Crippen LogP contribution >= 0.6 is 22.6 Å². The highest BCUT2D eigenvalue weighted by atomic mass is 127. The first-order valence-electron chi connectivity index (χ1n) is 7.91. The molecular weight excluding hydrogens is 412 g/mol. The summed E-state index contributed by atoms with van der Waals surface area (Å²) in [6, 6.07) is 0. The zero-order valence-electron chi connectivity index (χ0n) is 13.2. The molecule has 4 heterocycles. The molecular formula is C16H19FIN3O2. The second-order valence-electron chi connectivity index (χ2n) is 6.80. The van der Waals surface area contributed by atoms with Crippen LogP contribution in [0.2, 0.25) is 0 Å². The van der Waals surface area contributed by atoms with E-state index < -0.39 is 12.3 Å². The van der Waals surface area contributed by atoms with Gasteiger partial charge in [-0.2, -0.15) is 4.98 Å². The van der Waals surface area contributed by atoms with Crippen molar-refractivity contribution in [2.75, 3.05) is 13.3 Å². The zero-order valence-corrected chi connectivity index (χ0v) is 15.3. The average molecular weight is 431 g/mol. The molecule has 5 nitrogen and oxygen atoms in total. The van der Waals surface area contributed by atoms with Gasteiger partial charge in [0.1, 0.15) is 6.67 Å². The zero-order chi connectivity index (χ0) is 16.2. The monoisotopic (exact) mass is 431 g/mol. The molecule has 124 valence electrons. The minimum Gasteiger partial charge on any atom is -0.474 e. The van der Waals surface area contributed by atoms with Crippen molar-refractivity contribution >= 4 is 28.4 Å². The second-order valence-corrected chi connectivity index (χ2v) is 7.97. The third kappa shape index (κ3) is 2.34. The van der Waals surface area contributed by atoms with Gasteiger partial charge in [-0.3, -0.25) is 4.40 Å². The Bertz CT molecular complexity index is 757. The van der Waals surface area contributed by atoms with Crippen LogP contribution in [-0.2, 0) is 10.2 Å². The summed E-state index contributed by atoms with van der Waals surface area (Å²) in [4.78, 5) is 9.22.